The summed E-state index contributed by atoms with van der Waals surface area (Å²) in [5.41, 5.74) is 1.32. The summed E-state index contributed by atoms with van der Waals surface area (Å²) in [7, 11) is 1.55. The molecule has 0 bridgehead atoms. The molecule has 1 N–H and O–H groups in total. The van der Waals surface area contributed by atoms with Crippen LogP contribution < -0.4 is 10.1 Å². The van der Waals surface area contributed by atoms with E-state index >= 15 is 0 Å². The maximum absolute atomic E-state index is 11.8. The van der Waals surface area contributed by atoms with Crippen LogP contribution >= 0.6 is 0 Å². The van der Waals surface area contributed by atoms with Gasteiger partial charge in [0.2, 0.25) is 5.88 Å². The van der Waals surface area contributed by atoms with E-state index in [4.69, 9.17) is 4.74 Å². The summed E-state index contributed by atoms with van der Waals surface area (Å²) in [6, 6.07) is 8.81. The zero-order chi connectivity index (χ0) is 12.8. The van der Waals surface area contributed by atoms with Gasteiger partial charge in [-0.3, -0.25) is 9.78 Å². The summed E-state index contributed by atoms with van der Waals surface area (Å²) in [5.74, 6) is 0.325. The van der Waals surface area contributed by atoms with Crippen molar-refractivity contribution in [3.63, 3.8) is 0 Å². The molecule has 5 nitrogen and oxygen atoms in total. The molecule has 0 saturated heterocycles. The Morgan fingerprint density at radius 3 is 2.89 bits per heavy atom. The fourth-order valence-electron chi connectivity index (χ4n) is 1.44. The topological polar surface area (TPSA) is 64.1 Å². The number of hydrogen-bond donors (Lipinski definition) is 1. The van der Waals surface area contributed by atoms with Gasteiger partial charge in [-0.15, -0.1) is 0 Å². The molecule has 2 aromatic heterocycles. The zero-order valence-electron chi connectivity index (χ0n) is 9.96. The van der Waals surface area contributed by atoms with Gasteiger partial charge in [0, 0.05) is 25.0 Å². The molecule has 0 atom stereocenters. The summed E-state index contributed by atoms with van der Waals surface area (Å²) in [6.45, 7) is 0.411. The van der Waals surface area contributed by atoms with E-state index in [1.165, 1.54) is 0 Å². The quantitative estimate of drug-likeness (QED) is 0.882. The summed E-state index contributed by atoms with van der Waals surface area (Å²) >= 11 is 0. The number of aromatic nitrogens is 2. The first kappa shape index (κ1) is 12.0. The lowest BCUT2D eigenvalue weighted by atomic mass is 10.2. The first-order chi connectivity index (χ1) is 8.79. The predicted molar refractivity (Wildman–Crippen MR) is 66.2 cm³/mol. The number of ether oxygens (including phenoxy) is 1. The lowest BCUT2D eigenvalue weighted by Gasteiger charge is -2.05. The van der Waals surface area contributed by atoms with Gasteiger partial charge in [0.25, 0.3) is 5.91 Å². The number of amides is 1. The normalized spacial score (nSPS) is 9.83. The van der Waals surface area contributed by atoms with E-state index in [0.717, 1.165) is 5.56 Å². The number of nitrogens with one attached hydrogen (secondary N) is 1. The number of methoxy groups -OCH3 is 1. The second-order valence-corrected chi connectivity index (χ2v) is 3.60. The van der Waals surface area contributed by atoms with E-state index in [-0.39, 0.29) is 5.91 Å². The van der Waals surface area contributed by atoms with E-state index in [2.05, 4.69) is 15.3 Å². The Morgan fingerprint density at radius 2 is 2.17 bits per heavy atom. The molecule has 0 unspecified atom stereocenters. The third-order valence-electron chi connectivity index (χ3n) is 2.36. The molecule has 92 valence electrons. The van der Waals surface area contributed by atoms with Crippen LogP contribution in [0.25, 0.3) is 0 Å². The molecule has 0 radical (unpaired) electrons. The Bertz CT molecular complexity index is 529. The minimum Gasteiger partial charge on any atom is -0.481 e. The van der Waals surface area contributed by atoms with Crippen molar-refractivity contribution in [3.8, 4) is 5.88 Å². The smallest absolute Gasteiger partial charge is 0.270 e. The van der Waals surface area contributed by atoms with Gasteiger partial charge < -0.3 is 10.1 Å². The van der Waals surface area contributed by atoms with Gasteiger partial charge in [-0.1, -0.05) is 6.07 Å². The Labute approximate surface area is 105 Å². The summed E-state index contributed by atoms with van der Waals surface area (Å²) in [6.07, 6.45) is 3.23. The zero-order valence-corrected chi connectivity index (χ0v) is 9.96. The van der Waals surface area contributed by atoms with Crippen LogP contribution in [0.1, 0.15) is 16.1 Å². The molecule has 0 aliphatic rings. The fraction of sp³-hybridized carbons (Fsp3) is 0.154. The average molecular weight is 243 g/mol. The van der Waals surface area contributed by atoms with Crippen molar-refractivity contribution < 1.29 is 9.53 Å². The highest BCUT2D eigenvalue weighted by atomic mass is 16.5. The average Bonchev–Trinajstić information content (AvgIpc) is 2.46. The van der Waals surface area contributed by atoms with Crippen molar-refractivity contribution in [2.24, 2.45) is 0 Å². The lowest BCUT2D eigenvalue weighted by Crippen LogP contribution is -2.23. The van der Waals surface area contributed by atoms with Crippen molar-refractivity contribution in [2.75, 3.05) is 7.11 Å². The van der Waals surface area contributed by atoms with Gasteiger partial charge in [0.15, 0.2) is 0 Å². The minimum absolute atomic E-state index is 0.202. The molecule has 2 heterocycles. The Morgan fingerprint density at radius 1 is 1.28 bits per heavy atom. The van der Waals surface area contributed by atoms with E-state index < -0.39 is 0 Å². The Kier molecular flexibility index (Phi) is 3.86. The Balaban J connectivity index is 1.97. The summed E-state index contributed by atoms with van der Waals surface area (Å²) in [4.78, 5) is 19.7. The van der Waals surface area contributed by atoms with Gasteiger partial charge in [-0.25, -0.2) is 4.98 Å². The monoisotopic (exact) mass is 243 g/mol. The van der Waals surface area contributed by atoms with Gasteiger partial charge >= 0.3 is 0 Å². The number of carbonyl (C=O) groups excluding carboxylic acids is 1. The van der Waals surface area contributed by atoms with E-state index in [9.17, 15) is 4.79 Å². The molecule has 2 aromatic rings. The van der Waals surface area contributed by atoms with Crippen LogP contribution in [-0.2, 0) is 6.54 Å². The van der Waals surface area contributed by atoms with Crippen molar-refractivity contribution in [2.45, 2.75) is 6.54 Å². The number of rotatable bonds is 4. The molecule has 0 aromatic carbocycles. The molecule has 0 spiro atoms. The first-order valence-corrected chi connectivity index (χ1v) is 5.48. The van der Waals surface area contributed by atoms with Crippen LogP contribution in [0.2, 0.25) is 0 Å². The molecule has 0 fully saturated rings. The van der Waals surface area contributed by atoms with Crippen LogP contribution in [-0.4, -0.2) is 23.0 Å². The number of nitrogens with zero attached hydrogens (tertiary/aromatic N) is 2. The van der Waals surface area contributed by atoms with Gasteiger partial charge in [0.1, 0.15) is 5.69 Å². The van der Waals surface area contributed by atoms with Crippen molar-refractivity contribution in [1.29, 1.82) is 0 Å². The third-order valence-corrected chi connectivity index (χ3v) is 2.36. The molecule has 0 aliphatic carbocycles. The summed E-state index contributed by atoms with van der Waals surface area (Å²) < 4.78 is 5.01. The molecular weight excluding hydrogens is 230 g/mol. The second kappa shape index (κ2) is 5.77. The maximum Gasteiger partial charge on any atom is 0.270 e. The SMILES string of the molecule is COc1cc(CNC(=O)c2ccccn2)ccn1. The molecule has 18 heavy (non-hydrogen) atoms. The Hall–Kier alpha value is -2.43. The molecular formula is C13H13N3O2. The predicted octanol–water partition coefficient (Wildman–Crippen LogP) is 1.42. The molecule has 0 aliphatic heterocycles. The molecule has 0 saturated carbocycles. The van der Waals surface area contributed by atoms with E-state index in [0.29, 0.717) is 18.1 Å². The van der Waals surface area contributed by atoms with Crippen LogP contribution in [0.5, 0.6) is 5.88 Å². The first-order valence-electron chi connectivity index (χ1n) is 5.48. The highest BCUT2D eigenvalue weighted by molar-refractivity contribution is 5.92. The van der Waals surface area contributed by atoms with E-state index in [1.54, 1.807) is 43.8 Å². The minimum atomic E-state index is -0.202. The van der Waals surface area contributed by atoms with Crippen LogP contribution in [0.3, 0.4) is 0 Å². The number of carbonyl (C=O) groups is 1. The molecule has 2 rings (SSSR count). The van der Waals surface area contributed by atoms with Crippen LogP contribution in [0.4, 0.5) is 0 Å². The standard InChI is InChI=1S/C13H13N3O2/c1-18-12-8-10(5-7-15-12)9-16-13(17)11-4-2-3-6-14-11/h2-8H,9H2,1H3,(H,16,17). The summed E-state index contributed by atoms with van der Waals surface area (Å²) in [5, 5.41) is 2.78. The van der Waals surface area contributed by atoms with Gasteiger partial charge in [0.05, 0.1) is 7.11 Å². The van der Waals surface area contributed by atoms with Crippen molar-refractivity contribution >= 4 is 5.91 Å². The largest absolute Gasteiger partial charge is 0.481 e. The number of hydrogen-bond acceptors (Lipinski definition) is 4. The number of pyridine rings is 2. The second-order valence-electron chi connectivity index (χ2n) is 3.60. The van der Waals surface area contributed by atoms with Gasteiger partial charge in [-0.2, -0.15) is 0 Å². The van der Waals surface area contributed by atoms with E-state index in [1.807, 2.05) is 6.07 Å². The van der Waals surface area contributed by atoms with Crippen molar-refractivity contribution in [1.82, 2.24) is 15.3 Å². The van der Waals surface area contributed by atoms with Crippen LogP contribution in [0.15, 0.2) is 42.7 Å². The molecule has 1 amide bonds. The fourth-order valence-corrected chi connectivity index (χ4v) is 1.44. The maximum atomic E-state index is 11.8. The highest BCUT2D eigenvalue weighted by Gasteiger charge is 2.05. The van der Waals surface area contributed by atoms with Gasteiger partial charge in [-0.05, 0) is 23.8 Å². The molecule has 5 heteroatoms. The highest BCUT2D eigenvalue weighted by Crippen LogP contribution is 2.08. The third kappa shape index (κ3) is 3.04. The van der Waals surface area contributed by atoms with Crippen molar-refractivity contribution in [3.05, 3.63) is 54.0 Å². The lowest BCUT2D eigenvalue weighted by molar-refractivity contribution is 0.0946. The van der Waals surface area contributed by atoms with Crippen LogP contribution in [0, 0.1) is 0 Å².